The summed E-state index contributed by atoms with van der Waals surface area (Å²) in [5.41, 5.74) is 2.80. The van der Waals surface area contributed by atoms with Gasteiger partial charge in [-0.25, -0.2) is 0 Å². The van der Waals surface area contributed by atoms with Crippen LogP contribution in [0.15, 0.2) is 48.5 Å². The van der Waals surface area contributed by atoms with Crippen LogP contribution in [0.25, 0.3) is 0 Å². The van der Waals surface area contributed by atoms with Crippen LogP contribution in [-0.4, -0.2) is 13.2 Å². The molecule has 2 aromatic carbocycles. The summed E-state index contributed by atoms with van der Waals surface area (Å²) in [4.78, 5) is 0. The summed E-state index contributed by atoms with van der Waals surface area (Å²) in [6, 6.07) is 16.8. The van der Waals surface area contributed by atoms with Crippen LogP contribution < -0.4 is 9.47 Å². The van der Waals surface area contributed by atoms with Crippen molar-refractivity contribution < 1.29 is 9.47 Å². The van der Waals surface area contributed by atoms with E-state index in [0.717, 1.165) is 23.8 Å². The van der Waals surface area contributed by atoms with Gasteiger partial charge in [0.25, 0.3) is 0 Å². The third-order valence-corrected chi connectivity index (χ3v) is 4.92. The van der Waals surface area contributed by atoms with Crippen LogP contribution in [0.2, 0.25) is 0 Å². The summed E-state index contributed by atoms with van der Waals surface area (Å²) >= 11 is 0. The molecule has 0 bridgehead atoms. The molecule has 0 saturated carbocycles. The van der Waals surface area contributed by atoms with E-state index in [1.807, 2.05) is 6.07 Å². The molecule has 0 saturated heterocycles. The Morgan fingerprint density at radius 1 is 0.808 bits per heavy atom. The average Bonchev–Trinajstić information content (AvgIpc) is 2.64. The molecule has 142 valence electrons. The van der Waals surface area contributed by atoms with Crippen LogP contribution in [-0.2, 0) is 11.8 Å². The van der Waals surface area contributed by atoms with Crippen molar-refractivity contribution in [3.63, 3.8) is 0 Å². The zero-order valence-corrected chi connectivity index (χ0v) is 17.0. The average molecular weight is 355 g/mol. The molecule has 0 aliphatic rings. The van der Waals surface area contributed by atoms with Gasteiger partial charge in [0.15, 0.2) is 0 Å². The van der Waals surface area contributed by atoms with E-state index in [1.54, 1.807) is 0 Å². The fourth-order valence-corrected chi connectivity index (χ4v) is 3.00. The second-order valence-corrected chi connectivity index (χ2v) is 8.01. The van der Waals surface area contributed by atoms with Gasteiger partial charge < -0.3 is 9.47 Å². The lowest BCUT2D eigenvalue weighted by Crippen LogP contribution is -2.12. The van der Waals surface area contributed by atoms with Crippen molar-refractivity contribution in [2.24, 2.45) is 5.92 Å². The van der Waals surface area contributed by atoms with Crippen molar-refractivity contribution >= 4 is 0 Å². The number of benzene rings is 2. The molecule has 0 heterocycles. The minimum Gasteiger partial charge on any atom is -0.490 e. The van der Waals surface area contributed by atoms with Crippen molar-refractivity contribution in [1.29, 1.82) is 0 Å². The zero-order valence-electron chi connectivity index (χ0n) is 17.0. The lowest BCUT2D eigenvalue weighted by atomic mass is 9.87. The molecule has 0 aliphatic heterocycles. The zero-order chi connectivity index (χ0) is 19.0. The van der Waals surface area contributed by atoms with Gasteiger partial charge in [-0.3, -0.25) is 0 Å². The molecule has 2 rings (SSSR count). The van der Waals surface area contributed by atoms with E-state index < -0.39 is 0 Å². The van der Waals surface area contributed by atoms with E-state index in [2.05, 4.69) is 77.1 Å². The van der Waals surface area contributed by atoms with Gasteiger partial charge in [0, 0.05) is 0 Å². The normalized spacial score (nSPS) is 11.6. The number of hydrogen-bond acceptors (Lipinski definition) is 2. The van der Waals surface area contributed by atoms with E-state index >= 15 is 0 Å². The highest BCUT2D eigenvalue weighted by molar-refractivity contribution is 5.32. The van der Waals surface area contributed by atoms with Crippen molar-refractivity contribution in [3.05, 3.63) is 59.7 Å². The maximum atomic E-state index is 5.84. The highest BCUT2D eigenvalue weighted by Gasteiger charge is 2.13. The van der Waals surface area contributed by atoms with Gasteiger partial charge in [-0.15, -0.1) is 0 Å². The Morgan fingerprint density at radius 2 is 1.42 bits per heavy atom. The first-order valence-corrected chi connectivity index (χ1v) is 9.87. The summed E-state index contributed by atoms with van der Waals surface area (Å²) in [5.74, 6) is 2.59. The largest absolute Gasteiger partial charge is 0.490 e. The van der Waals surface area contributed by atoms with Gasteiger partial charge in [0.05, 0.1) is 0 Å². The first-order valence-electron chi connectivity index (χ1n) is 9.87. The summed E-state index contributed by atoms with van der Waals surface area (Å²) in [5, 5.41) is 0. The summed E-state index contributed by atoms with van der Waals surface area (Å²) in [6.45, 7) is 12.3. The predicted octanol–water partition coefficient (Wildman–Crippen LogP) is 6.42. The standard InChI is InChI=1S/C24H34O2/c1-6-19(7-2)17-20-11-13-22(14-12-20)25-15-16-26-23-10-8-9-21(18-23)24(3,4)5/h8-14,18-19H,6-7,15-17H2,1-5H3. The van der Waals surface area contributed by atoms with Crippen molar-refractivity contribution in [2.45, 2.75) is 59.3 Å². The van der Waals surface area contributed by atoms with Crippen LogP contribution in [0.1, 0.15) is 58.6 Å². The third kappa shape index (κ3) is 6.40. The first kappa shape index (κ1) is 20.4. The molecule has 0 atom stereocenters. The summed E-state index contributed by atoms with van der Waals surface area (Å²) < 4.78 is 11.7. The van der Waals surface area contributed by atoms with E-state index in [-0.39, 0.29) is 5.41 Å². The Kier molecular flexibility index (Phi) is 7.56. The molecule has 0 spiro atoms. The predicted molar refractivity (Wildman–Crippen MR) is 110 cm³/mol. The topological polar surface area (TPSA) is 18.5 Å². The quantitative estimate of drug-likeness (QED) is 0.484. The molecule has 2 heteroatoms. The van der Waals surface area contributed by atoms with Crippen molar-refractivity contribution in [1.82, 2.24) is 0 Å². The second kappa shape index (κ2) is 9.66. The molecular weight excluding hydrogens is 320 g/mol. The van der Waals surface area contributed by atoms with Gasteiger partial charge in [-0.1, -0.05) is 71.7 Å². The molecule has 0 amide bonds. The highest BCUT2D eigenvalue weighted by Crippen LogP contribution is 2.25. The number of rotatable bonds is 9. The molecule has 0 unspecified atom stereocenters. The first-order chi connectivity index (χ1) is 12.4. The molecule has 2 aromatic rings. The van der Waals surface area contributed by atoms with Crippen molar-refractivity contribution in [3.8, 4) is 11.5 Å². The minimum absolute atomic E-state index is 0.131. The van der Waals surface area contributed by atoms with Crippen LogP contribution in [0.3, 0.4) is 0 Å². The summed E-state index contributed by atoms with van der Waals surface area (Å²) in [6.07, 6.45) is 3.63. The highest BCUT2D eigenvalue weighted by atomic mass is 16.5. The van der Waals surface area contributed by atoms with E-state index in [1.165, 1.54) is 24.0 Å². The Hall–Kier alpha value is -1.96. The van der Waals surface area contributed by atoms with Gasteiger partial charge >= 0.3 is 0 Å². The number of ether oxygens (including phenoxy) is 2. The lowest BCUT2D eigenvalue weighted by molar-refractivity contribution is 0.217. The van der Waals surface area contributed by atoms with Crippen LogP contribution >= 0.6 is 0 Å². The third-order valence-electron chi connectivity index (χ3n) is 4.92. The Morgan fingerprint density at radius 3 is 2.00 bits per heavy atom. The number of hydrogen-bond donors (Lipinski definition) is 0. The van der Waals surface area contributed by atoms with Crippen LogP contribution in [0, 0.1) is 5.92 Å². The molecular formula is C24H34O2. The SMILES string of the molecule is CCC(CC)Cc1ccc(OCCOc2cccc(C(C)(C)C)c2)cc1. The smallest absolute Gasteiger partial charge is 0.122 e. The molecule has 0 aromatic heterocycles. The second-order valence-electron chi connectivity index (χ2n) is 8.01. The van der Waals surface area contributed by atoms with E-state index in [0.29, 0.717) is 13.2 Å². The molecule has 0 N–H and O–H groups in total. The lowest BCUT2D eigenvalue weighted by Gasteiger charge is -2.19. The Labute approximate surface area is 159 Å². The Bertz CT molecular complexity index is 649. The Balaban J connectivity index is 1.78. The minimum atomic E-state index is 0.131. The fourth-order valence-electron chi connectivity index (χ4n) is 3.00. The molecule has 0 aliphatic carbocycles. The maximum Gasteiger partial charge on any atom is 0.122 e. The molecule has 2 nitrogen and oxygen atoms in total. The van der Waals surface area contributed by atoms with Crippen LogP contribution in [0.5, 0.6) is 11.5 Å². The maximum absolute atomic E-state index is 5.84. The fraction of sp³-hybridized carbons (Fsp3) is 0.500. The van der Waals surface area contributed by atoms with Gasteiger partial charge in [-0.2, -0.15) is 0 Å². The van der Waals surface area contributed by atoms with Gasteiger partial charge in [-0.05, 0) is 53.1 Å². The molecule has 26 heavy (non-hydrogen) atoms. The van der Waals surface area contributed by atoms with Crippen molar-refractivity contribution in [2.75, 3.05) is 13.2 Å². The van der Waals surface area contributed by atoms with Crippen LogP contribution in [0.4, 0.5) is 0 Å². The summed E-state index contributed by atoms with van der Waals surface area (Å²) in [7, 11) is 0. The van der Waals surface area contributed by atoms with Gasteiger partial charge in [0.2, 0.25) is 0 Å². The van der Waals surface area contributed by atoms with E-state index in [4.69, 9.17) is 9.47 Å². The van der Waals surface area contributed by atoms with E-state index in [9.17, 15) is 0 Å². The monoisotopic (exact) mass is 354 g/mol. The van der Waals surface area contributed by atoms with Gasteiger partial charge in [0.1, 0.15) is 24.7 Å². The molecule has 0 radical (unpaired) electrons. The molecule has 0 fully saturated rings.